The van der Waals surface area contributed by atoms with Gasteiger partial charge in [0.2, 0.25) is 5.91 Å². The molecule has 1 spiro atoms. The van der Waals surface area contributed by atoms with Gasteiger partial charge in [-0.1, -0.05) is 39.8 Å². The summed E-state index contributed by atoms with van der Waals surface area (Å²) >= 11 is 1.84. The number of carbonyl (C=O) groups excluding carboxylic acids is 2. The Balaban J connectivity index is 1.55. The number of hydrogen-bond acceptors (Lipinski definition) is 4. The van der Waals surface area contributed by atoms with Crippen LogP contribution < -0.4 is 10.6 Å². The number of nitrogens with one attached hydrogen (secondary N) is 2. The van der Waals surface area contributed by atoms with Crippen LogP contribution in [0.25, 0.3) is 0 Å². The first-order chi connectivity index (χ1) is 13.6. The number of nitrogens with zero attached hydrogens (tertiary/aromatic N) is 1. The topological polar surface area (TPSA) is 61.4 Å². The zero-order chi connectivity index (χ0) is 21.2. The minimum atomic E-state index is -0.138. The SMILES string of the molecule is CC[C@@H](C)NC(=O)[C@H]1CSC2(CCN(C(=O)c3ccc(C(C)(C)C)cc3)CC2)N1. The second-order valence-corrected chi connectivity index (χ2v) is 10.8. The summed E-state index contributed by atoms with van der Waals surface area (Å²) in [5, 5.41) is 6.65. The van der Waals surface area contributed by atoms with Gasteiger partial charge in [0.15, 0.2) is 0 Å². The van der Waals surface area contributed by atoms with Gasteiger partial charge in [0, 0.05) is 30.4 Å². The van der Waals surface area contributed by atoms with Gasteiger partial charge in [-0.05, 0) is 49.3 Å². The summed E-state index contributed by atoms with van der Waals surface area (Å²) in [6.07, 6.45) is 2.68. The van der Waals surface area contributed by atoms with E-state index in [4.69, 9.17) is 0 Å². The zero-order valence-electron chi connectivity index (χ0n) is 18.4. The van der Waals surface area contributed by atoms with Crippen molar-refractivity contribution in [3.05, 3.63) is 35.4 Å². The summed E-state index contributed by atoms with van der Waals surface area (Å²) in [6.45, 7) is 12.1. The van der Waals surface area contributed by atoms with Gasteiger partial charge in [-0.15, -0.1) is 11.8 Å². The number of thioether (sulfide) groups is 1. The number of likely N-dealkylation sites (tertiary alicyclic amines) is 1. The van der Waals surface area contributed by atoms with E-state index in [1.54, 1.807) is 0 Å². The van der Waals surface area contributed by atoms with Crippen LogP contribution in [0.1, 0.15) is 69.8 Å². The molecule has 2 saturated heterocycles. The lowest BCUT2D eigenvalue weighted by Gasteiger charge is -2.39. The van der Waals surface area contributed by atoms with Gasteiger partial charge in [0.05, 0.1) is 10.9 Å². The third-order valence-electron chi connectivity index (χ3n) is 6.14. The molecule has 0 bridgehead atoms. The number of benzene rings is 1. The first-order valence-corrected chi connectivity index (χ1v) is 11.7. The molecule has 2 aliphatic rings. The van der Waals surface area contributed by atoms with E-state index in [9.17, 15) is 9.59 Å². The first-order valence-electron chi connectivity index (χ1n) is 10.8. The van der Waals surface area contributed by atoms with Crippen LogP contribution in [0.15, 0.2) is 24.3 Å². The average molecular weight is 418 g/mol. The Bertz CT molecular complexity index is 733. The molecule has 1 aromatic rings. The molecule has 0 aromatic heterocycles. The summed E-state index contributed by atoms with van der Waals surface area (Å²) < 4.78 is 0. The van der Waals surface area contributed by atoms with Crippen molar-refractivity contribution in [1.82, 2.24) is 15.5 Å². The molecule has 1 aromatic carbocycles. The molecular formula is C23H35N3O2S. The molecule has 3 rings (SSSR count). The number of carbonyl (C=O) groups is 2. The molecule has 0 radical (unpaired) electrons. The Labute approximate surface area is 179 Å². The Morgan fingerprint density at radius 1 is 1.24 bits per heavy atom. The van der Waals surface area contributed by atoms with Crippen molar-refractivity contribution in [2.75, 3.05) is 18.8 Å². The van der Waals surface area contributed by atoms with Crippen molar-refractivity contribution >= 4 is 23.6 Å². The molecule has 2 aliphatic heterocycles. The third kappa shape index (κ3) is 5.15. The van der Waals surface area contributed by atoms with E-state index in [0.29, 0.717) is 0 Å². The highest BCUT2D eigenvalue weighted by molar-refractivity contribution is 8.01. The fourth-order valence-electron chi connectivity index (χ4n) is 3.89. The maximum atomic E-state index is 12.9. The van der Waals surface area contributed by atoms with E-state index < -0.39 is 0 Å². The molecule has 0 saturated carbocycles. The molecule has 2 fully saturated rings. The number of hydrogen-bond donors (Lipinski definition) is 2. The highest BCUT2D eigenvalue weighted by Crippen LogP contribution is 2.39. The van der Waals surface area contributed by atoms with Gasteiger partial charge < -0.3 is 10.2 Å². The van der Waals surface area contributed by atoms with Gasteiger partial charge >= 0.3 is 0 Å². The monoisotopic (exact) mass is 417 g/mol. The van der Waals surface area contributed by atoms with E-state index >= 15 is 0 Å². The van der Waals surface area contributed by atoms with Crippen LogP contribution in [0, 0.1) is 0 Å². The largest absolute Gasteiger partial charge is 0.352 e. The van der Waals surface area contributed by atoms with Crippen LogP contribution in [-0.4, -0.2) is 52.5 Å². The second-order valence-electron chi connectivity index (χ2n) is 9.44. The Hall–Kier alpha value is -1.53. The molecule has 2 amide bonds. The van der Waals surface area contributed by atoms with Gasteiger partial charge in [-0.25, -0.2) is 0 Å². The highest BCUT2D eigenvalue weighted by atomic mass is 32.2. The quantitative estimate of drug-likeness (QED) is 0.787. The minimum absolute atomic E-state index is 0.0790. The molecule has 0 unspecified atom stereocenters. The standard InChI is InChI=1S/C23H35N3O2S/c1-6-16(2)24-20(27)19-15-29-23(25-19)11-13-26(14-12-23)21(28)17-7-9-18(10-8-17)22(3,4)5/h7-10,16,19,25H,6,11-15H2,1-5H3,(H,24,27)/t16-,19-/m1/s1. The summed E-state index contributed by atoms with van der Waals surface area (Å²) in [5.74, 6) is 1.00. The van der Waals surface area contributed by atoms with Crippen LogP contribution in [-0.2, 0) is 10.2 Å². The molecule has 2 heterocycles. The van der Waals surface area contributed by atoms with Crippen molar-refractivity contribution in [3.63, 3.8) is 0 Å². The predicted molar refractivity (Wildman–Crippen MR) is 120 cm³/mol. The van der Waals surface area contributed by atoms with Crippen LogP contribution in [0.4, 0.5) is 0 Å². The number of rotatable bonds is 4. The Kier molecular flexibility index (Phi) is 6.64. The summed E-state index contributed by atoms with van der Waals surface area (Å²) in [5.41, 5.74) is 2.08. The predicted octanol–water partition coefficient (Wildman–Crippen LogP) is 3.54. The van der Waals surface area contributed by atoms with Crippen molar-refractivity contribution in [3.8, 4) is 0 Å². The van der Waals surface area contributed by atoms with E-state index in [2.05, 4.69) is 50.5 Å². The average Bonchev–Trinajstić information content (AvgIpc) is 3.11. The first kappa shape index (κ1) is 22.2. The van der Waals surface area contributed by atoms with Crippen molar-refractivity contribution in [2.45, 2.75) is 76.3 Å². The lowest BCUT2D eigenvalue weighted by Crippen LogP contribution is -2.55. The Morgan fingerprint density at radius 3 is 2.41 bits per heavy atom. The fourth-order valence-corrected chi connectivity index (χ4v) is 5.30. The normalized spacial score (nSPS) is 22.5. The van der Waals surface area contributed by atoms with Crippen LogP contribution in [0.5, 0.6) is 0 Å². The molecule has 2 N–H and O–H groups in total. The number of piperidine rings is 1. The molecular weight excluding hydrogens is 382 g/mol. The molecule has 29 heavy (non-hydrogen) atoms. The number of amides is 2. The lowest BCUT2D eigenvalue weighted by atomic mass is 9.86. The molecule has 0 aliphatic carbocycles. The molecule has 6 heteroatoms. The van der Waals surface area contributed by atoms with E-state index in [-0.39, 0.29) is 34.2 Å². The zero-order valence-corrected chi connectivity index (χ0v) is 19.2. The van der Waals surface area contributed by atoms with Crippen LogP contribution >= 0.6 is 11.8 Å². The summed E-state index contributed by atoms with van der Waals surface area (Å²) in [6, 6.07) is 8.09. The van der Waals surface area contributed by atoms with Gasteiger partial charge in [-0.2, -0.15) is 0 Å². The molecule has 160 valence electrons. The van der Waals surface area contributed by atoms with Crippen molar-refractivity contribution in [2.24, 2.45) is 0 Å². The van der Waals surface area contributed by atoms with E-state index in [1.807, 2.05) is 35.7 Å². The second kappa shape index (κ2) is 8.68. The summed E-state index contributed by atoms with van der Waals surface area (Å²) in [7, 11) is 0. The van der Waals surface area contributed by atoms with E-state index in [0.717, 1.165) is 43.7 Å². The van der Waals surface area contributed by atoms with Gasteiger partial charge in [-0.3, -0.25) is 14.9 Å². The minimum Gasteiger partial charge on any atom is -0.352 e. The maximum Gasteiger partial charge on any atom is 0.253 e. The smallest absolute Gasteiger partial charge is 0.253 e. The van der Waals surface area contributed by atoms with E-state index in [1.165, 1.54) is 5.56 Å². The molecule has 5 nitrogen and oxygen atoms in total. The lowest BCUT2D eigenvalue weighted by molar-refractivity contribution is -0.123. The molecule has 2 atom stereocenters. The highest BCUT2D eigenvalue weighted by Gasteiger charge is 2.44. The summed E-state index contributed by atoms with van der Waals surface area (Å²) in [4.78, 5) is 27.2. The van der Waals surface area contributed by atoms with Crippen LogP contribution in [0.3, 0.4) is 0 Å². The maximum absolute atomic E-state index is 12.9. The van der Waals surface area contributed by atoms with Gasteiger partial charge in [0.1, 0.15) is 0 Å². The van der Waals surface area contributed by atoms with Gasteiger partial charge in [0.25, 0.3) is 5.91 Å². The fraction of sp³-hybridized carbons (Fsp3) is 0.652. The third-order valence-corrected chi connectivity index (χ3v) is 7.72. The van der Waals surface area contributed by atoms with Crippen LogP contribution in [0.2, 0.25) is 0 Å². The Morgan fingerprint density at radius 2 is 1.86 bits per heavy atom. The van der Waals surface area contributed by atoms with Crippen molar-refractivity contribution < 1.29 is 9.59 Å². The van der Waals surface area contributed by atoms with Crippen molar-refractivity contribution in [1.29, 1.82) is 0 Å².